The average Bonchev–Trinajstić information content (AvgIpc) is 2.59. The fourth-order valence-corrected chi connectivity index (χ4v) is 3.36. The highest BCUT2D eigenvalue weighted by atomic mass is 35.5. The first-order chi connectivity index (χ1) is 7.09. The Morgan fingerprint density at radius 1 is 1.40 bits per heavy atom. The highest BCUT2D eigenvalue weighted by Crippen LogP contribution is 2.57. The van der Waals surface area contributed by atoms with Crippen LogP contribution in [0.25, 0.3) is 0 Å². The molecule has 86 valence electrons. The first-order valence-electron chi connectivity index (χ1n) is 6.04. The lowest BCUT2D eigenvalue weighted by molar-refractivity contribution is -0.123. The third kappa shape index (κ3) is 2.47. The molecule has 0 aromatic rings. The van der Waals surface area contributed by atoms with Gasteiger partial charge in [0.25, 0.3) is 0 Å². The monoisotopic (exact) mass is 229 g/mol. The standard InChI is InChI=1S/C12H20ClNO/c1-7(13)6-8(2)14-12(15)11-9-4-3-5-10(9)11/h7-11H,3-6H2,1-2H3,(H,14,15). The summed E-state index contributed by atoms with van der Waals surface area (Å²) in [6.45, 7) is 4.00. The van der Waals surface area contributed by atoms with Crippen LogP contribution in [0.15, 0.2) is 0 Å². The van der Waals surface area contributed by atoms with Crippen molar-refractivity contribution < 1.29 is 4.79 Å². The number of amides is 1. The molecule has 2 rings (SSSR count). The zero-order valence-corrected chi connectivity index (χ0v) is 10.3. The van der Waals surface area contributed by atoms with E-state index in [2.05, 4.69) is 5.32 Å². The molecule has 3 heteroatoms. The van der Waals surface area contributed by atoms with Gasteiger partial charge in [0.15, 0.2) is 0 Å². The van der Waals surface area contributed by atoms with Crippen LogP contribution in [-0.2, 0) is 4.79 Å². The van der Waals surface area contributed by atoms with Gasteiger partial charge in [-0.3, -0.25) is 4.79 Å². The van der Waals surface area contributed by atoms with Gasteiger partial charge in [0.1, 0.15) is 0 Å². The van der Waals surface area contributed by atoms with Gasteiger partial charge in [-0.15, -0.1) is 11.6 Å². The van der Waals surface area contributed by atoms with Crippen LogP contribution < -0.4 is 5.32 Å². The molecule has 1 amide bonds. The minimum absolute atomic E-state index is 0.138. The van der Waals surface area contributed by atoms with Gasteiger partial charge in [0, 0.05) is 17.3 Å². The molecule has 15 heavy (non-hydrogen) atoms. The highest BCUT2D eigenvalue weighted by Gasteiger charge is 2.56. The molecule has 0 saturated heterocycles. The van der Waals surface area contributed by atoms with Crippen LogP contribution in [0.4, 0.5) is 0 Å². The molecule has 2 aliphatic carbocycles. The summed E-state index contributed by atoms with van der Waals surface area (Å²) in [5.41, 5.74) is 0. The predicted molar refractivity (Wildman–Crippen MR) is 61.9 cm³/mol. The maximum atomic E-state index is 11.9. The van der Waals surface area contributed by atoms with Crippen LogP contribution in [0.3, 0.4) is 0 Å². The van der Waals surface area contributed by atoms with Crippen molar-refractivity contribution in [2.75, 3.05) is 0 Å². The number of nitrogens with one attached hydrogen (secondary N) is 1. The molecular formula is C12H20ClNO. The molecule has 2 saturated carbocycles. The normalized spacial score (nSPS) is 36.9. The van der Waals surface area contributed by atoms with E-state index in [1.54, 1.807) is 0 Å². The summed E-state index contributed by atoms with van der Waals surface area (Å²) in [4.78, 5) is 11.9. The van der Waals surface area contributed by atoms with E-state index in [-0.39, 0.29) is 17.3 Å². The topological polar surface area (TPSA) is 29.1 Å². The lowest BCUT2D eigenvalue weighted by Crippen LogP contribution is -2.35. The summed E-state index contributed by atoms with van der Waals surface area (Å²) in [6.07, 6.45) is 4.72. The molecule has 2 aliphatic rings. The molecular weight excluding hydrogens is 210 g/mol. The molecule has 0 aliphatic heterocycles. The van der Waals surface area contributed by atoms with E-state index < -0.39 is 0 Å². The molecule has 0 spiro atoms. The van der Waals surface area contributed by atoms with E-state index in [1.807, 2.05) is 13.8 Å². The molecule has 0 radical (unpaired) electrons. The SMILES string of the molecule is CC(Cl)CC(C)NC(=O)C1C2CCCC21. The van der Waals surface area contributed by atoms with Crippen molar-refractivity contribution in [3.05, 3.63) is 0 Å². The van der Waals surface area contributed by atoms with Crippen molar-refractivity contribution in [1.29, 1.82) is 0 Å². The molecule has 0 heterocycles. The van der Waals surface area contributed by atoms with Crippen molar-refractivity contribution >= 4 is 17.5 Å². The average molecular weight is 230 g/mol. The van der Waals surface area contributed by atoms with Crippen molar-refractivity contribution in [2.45, 2.75) is 50.9 Å². The zero-order valence-electron chi connectivity index (χ0n) is 9.50. The quantitative estimate of drug-likeness (QED) is 0.738. The third-order valence-electron chi connectivity index (χ3n) is 3.78. The second kappa shape index (κ2) is 4.32. The predicted octanol–water partition coefficient (Wildman–Crippen LogP) is 2.55. The lowest BCUT2D eigenvalue weighted by Gasteiger charge is -2.15. The molecule has 4 atom stereocenters. The second-order valence-electron chi connectivity index (χ2n) is 5.21. The summed E-state index contributed by atoms with van der Waals surface area (Å²) >= 11 is 5.90. The molecule has 0 aromatic carbocycles. The fourth-order valence-electron chi connectivity index (χ4n) is 3.10. The number of carbonyl (C=O) groups excluding carboxylic acids is 1. The first-order valence-corrected chi connectivity index (χ1v) is 6.47. The molecule has 2 nitrogen and oxygen atoms in total. The number of halogens is 1. The maximum absolute atomic E-state index is 11.9. The van der Waals surface area contributed by atoms with E-state index in [0.717, 1.165) is 6.42 Å². The molecule has 0 aromatic heterocycles. The Hall–Kier alpha value is -0.240. The largest absolute Gasteiger partial charge is 0.353 e. The minimum Gasteiger partial charge on any atom is -0.353 e. The summed E-state index contributed by atoms with van der Waals surface area (Å²) < 4.78 is 0. The number of alkyl halides is 1. The first kappa shape index (κ1) is 11.3. The Morgan fingerprint density at radius 3 is 2.53 bits per heavy atom. The number of fused-ring (bicyclic) bond motifs is 1. The summed E-state index contributed by atoms with van der Waals surface area (Å²) in [7, 11) is 0. The lowest BCUT2D eigenvalue weighted by atomic mass is 10.1. The smallest absolute Gasteiger partial charge is 0.223 e. The summed E-state index contributed by atoms with van der Waals surface area (Å²) in [6, 6.07) is 0.214. The van der Waals surface area contributed by atoms with E-state index in [4.69, 9.17) is 11.6 Å². The summed E-state index contributed by atoms with van der Waals surface area (Å²) in [5.74, 6) is 2.04. The highest BCUT2D eigenvalue weighted by molar-refractivity contribution is 6.20. The van der Waals surface area contributed by atoms with Gasteiger partial charge in [0.2, 0.25) is 5.91 Å². The van der Waals surface area contributed by atoms with Crippen LogP contribution >= 0.6 is 11.6 Å². The number of carbonyl (C=O) groups is 1. The van der Waals surface area contributed by atoms with Crippen LogP contribution in [0.2, 0.25) is 0 Å². The van der Waals surface area contributed by atoms with Crippen LogP contribution in [0, 0.1) is 17.8 Å². The Labute approximate surface area is 96.8 Å². The van der Waals surface area contributed by atoms with Gasteiger partial charge < -0.3 is 5.32 Å². The number of hydrogen-bond donors (Lipinski definition) is 1. The van der Waals surface area contributed by atoms with Crippen molar-refractivity contribution in [3.63, 3.8) is 0 Å². The van der Waals surface area contributed by atoms with Crippen LogP contribution in [0.1, 0.15) is 39.5 Å². The van der Waals surface area contributed by atoms with E-state index in [0.29, 0.717) is 17.8 Å². The molecule has 0 bridgehead atoms. The Morgan fingerprint density at radius 2 is 2.00 bits per heavy atom. The molecule has 2 fully saturated rings. The number of hydrogen-bond acceptors (Lipinski definition) is 1. The molecule has 4 unspecified atom stereocenters. The van der Waals surface area contributed by atoms with Gasteiger partial charge in [0.05, 0.1) is 0 Å². The summed E-state index contributed by atoms with van der Waals surface area (Å²) in [5, 5.41) is 3.22. The van der Waals surface area contributed by atoms with Gasteiger partial charge in [-0.2, -0.15) is 0 Å². The van der Waals surface area contributed by atoms with Gasteiger partial charge >= 0.3 is 0 Å². The number of rotatable bonds is 4. The molecule has 1 N–H and O–H groups in total. The van der Waals surface area contributed by atoms with Gasteiger partial charge in [-0.05, 0) is 44.9 Å². The van der Waals surface area contributed by atoms with E-state index >= 15 is 0 Å². The minimum atomic E-state index is 0.138. The van der Waals surface area contributed by atoms with Gasteiger partial charge in [-0.1, -0.05) is 6.42 Å². The second-order valence-corrected chi connectivity index (χ2v) is 5.96. The zero-order chi connectivity index (χ0) is 11.0. The van der Waals surface area contributed by atoms with Crippen LogP contribution in [-0.4, -0.2) is 17.3 Å². The van der Waals surface area contributed by atoms with Gasteiger partial charge in [-0.25, -0.2) is 0 Å². The third-order valence-corrected chi connectivity index (χ3v) is 3.95. The maximum Gasteiger partial charge on any atom is 0.223 e. The van der Waals surface area contributed by atoms with Crippen LogP contribution in [0.5, 0.6) is 0 Å². The Bertz CT molecular complexity index is 244. The van der Waals surface area contributed by atoms with Crippen molar-refractivity contribution in [1.82, 2.24) is 5.32 Å². The van der Waals surface area contributed by atoms with E-state index in [1.165, 1.54) is 19.3 Å². The Balaban J connectivity index is 1.74. The fraction of sp³-hybridized carbons (Fsp3) is 0.917. The Kier molecular flexibility index (Phi) is 3.24. The van der Waals surface area contributed by atoms with Crippen molar-refractivity contribution in [2.24, 2.45) is 17.8 Å². The van der Waals surface area contributed by atoms with E-state index in [9.17, 15) is 4.79 Å². The van der Waals surface area contributed by atoms with Crippen molar-refractivity contribution in [3.8, 4) is 0 Å².